The van der Waals surface area contributed by atoms with E-state index in [0.29, 0.717) is 22.5 Å². The van der Waals surface area contributed by atoms with E-state index in [4.69, 9.17) is 29.0 Å². The van der Waals surface area contributed by atoms with Gasteiger partial charge in [0, 0.05) is 5.69 Å². The minimum atomic E-state index is -0.677. The second-order valence-corrected chi connectivity index (χ2v) is 4.87. The molecule has 0 bridgehead atoms. The van der Waals surface area contributed by atoms with Crippen LogP contribution < -0.4 is 16.6 Å². The Kier molecular flexibility index (Phi) is 3.50. The molecule has 21 heavy (non-hydrogen) atoms. The maximum Gasteiger partial charge on any atom is 0.241 e. The molecule has 3 aromatic rings. The van der Waals surface area contributed by atoms with Crippen LogP contribution in [0.4, 0.5) is 21.8 Å². The molecule has 7 nitrogen and oxygen atoms in total. The second-order valence-electron chi connectivity index (χ2n) is 4.05. The Bertz CT molecular complexity index is 796. The zero-order valence-corrected chi connectivity index (χ0v) is 11.8. The Morgan fingerprint density at radius 2 is 1.90 bits per heavy atom. The summed E-state index contributed by atoms with van der Waals surface area (Å²) in [6.07, 6.45) is 1.55. The van der Waals surface area contributed by atoms with E-state index in [1.54, 1.807) is 6.20 Å². The molecule has 0 saturated heterocycles. The molecule has 0 spiro atoms. The summed E-state index contributed by atoms with van der Waals surface area (Å²) in [6, 6.07) is 2.79. The summed E-state index contributed by atoms with van der Waals surface area (Å²) in [5.41, 5.74) is 3.30. The average Bonchev–Trinajstić information content (AvgIpc) is 2.93. The van der Waals surface area contributed by atoms with Crippen molar-refractivity contribution in [1.29, 1.82) is 0 Å². The lowest BCUT2D eigenvalue weighted by Gasteiger charge is -2.09. The van der Waals surface area contributed by atoms with Crippen molar-refractivity contribution in [3.8, 4) is 0 Å². The summed E-state index contributed by atoms with van der Waals surface area (Å²) >= 11 is 11.5. The maximum absolute atomic E-state index is 13.4. The van der Waals surface area contributed by atoms with Gasteiger partial charge in [0.05, 0.1) is 21.6 Å². The second kappa shape index (κ2) is 5.32. The molecule has 3 rings (SSSR count). The number of nitrogens with zero attached hydrogens (tertiary/aromatic N) is 3. The van der Waals surface area contributed by atoms with Crippen LogP contribution >= 0.6 is 23.2 Å². The fourth-order valence-corrected chi connectivity index (χ4v) is 2.25. The normalized spacial score (nSPS) is 10.9. The van der Waals surface area contributed by atoms with Crippen molar-refractivity contribution in [2.24, 2.45) is 5.84 Å². The molecule has 0 unspecified atom stereocenters. The molecule has 0 aliphatic heterocycles. The average molecular weight is 328 g/mol. The molecule has 0 aliphatic carbocycles. The van der Waals surface area contributed by atoms with Gasteiger partial charge in [-0.3, -0.25) is 10.5 Å². The number of anilines is 3. The molecule has 10 heteroatoms. The molecular weight excluding hydrogens is 320 g/mol. The summed E-state index contributed by atoms with van der Waals surface area (Å²) < 4.78 is 13.4. The van der Waals surface area contributed by atoms with Gasteiger partial charge in [0.25, 0.3) is 0 Å². The lowest BCUT2D eigenvalue weighted by Crippen LogP contribution is -2.11. The van der Waals surface area contributed by atoms with Crippen LogP contribution in [0.25, 0.3) is 11.0 Å². The lowest BCUT2D eigenvalue weighted by molar-refractivity contribution is 0.629. The molecular formula is C11H8Cl2FN7. The van der Waals surface area contributed by atoms with Gasteiger partial charge in [-0.05, 0) is 12.1 Å². The SMILES string of the molecule is NNc1nc(Nc2cc(Cl)c(F)c(Cl)c2)c2cn[nH]c2n1. The molecule has 0 aliphatic rings. The Balaban J connectivity index is 2.07. The minimum absolute atomic E-state index is 0.0975. The number of fused-ring (bicyclic) bond motifs is 1. The van der Waals surface area contributed by atoms with Crippen LogP contribution in [0, 0.1) is 5.82 Å². The first-order chi connectivity index (χ1) is 10.1. The van der Waals surface area contributed by atoms with E-state index in [1.165, 1.54) is 12.1 Å². The van der Waals surface area contributed by atoms with Crippen LogP contribution in [0.1, 0.15) is 0 Å². The van der Waals surface area contributed by atoms with Crippen molar-refractivity contribution in [3.05, 3.63) is 34.2 Å². The quantitative estimate of drug-likeness (QED) is 0.335. The van der Waals surface area contributed by atoms with Gasteiger partial charge in [0.2, 0.25) is 5.95 Å². The number of halogens is 3. The van der Waals surface area contributed by atoms with Gasteiger partial charge >= 0.3 is 0 Å². The third-order valence-corrected chi connectivity index (χ3v) is 3.24. The Hall–Kier alpha value is -2.16. The zero-order chi connectivity index (χ0) is 15.0. The fourth-order valence-electron chi connectivity index (χ4n) is 1.76. The molecule has 0 fully saturated rings. The van der Waals surface area contributed by atoms with Gasteiger partial charge in [-0.25, -0.2) is 10.2 Å². The first-order valence-corrected chi connectivity index (χ1v) is 6.43. The molecule has 0 atom stereocenters. The van der Waals surface area contributed by atoms with Crippen molar-refractivity contribution in [2.45, 2.75) is 0 Å². The fraction of sp³-hybridized carbons (Fsp3) is 0. The summed E-state index contributed by atoms with van der Waals surface area (Å²) in [4.78, 5) is 8.26. The van der Waals surface area contributed by atoms with Crippen molar-refractivity contribution < 1.29 is 4.39 Å². The van der Waals surface area contributed by atoms with Gasteiger partial charge < -0.3 is 5.32 Å². The molecule has 0 amide bonds. The zero-order valence-electron chi connectivity index (χ0n) is 10.3. The smallest absolute Gasteiger partial charge is 0.241 e. The van der Waals surface area contributed by atoms with E-state index in [1.807, 2.05) is 0 Å². The number of hydrazine groups is 1. The van der Waals surface area contributed by atoms with Crippen molar-refractivity contribution in [3.63, 3.8) is 0 Å². The number of nitrogens with one attached hydrogen (secondary N) is 3. The highest BCUT2D eigenvalue weighted by Crippen LogP contribution is 2.30. The highest BCUT2D eigenvalue weighted by atomic mass is 35.5. The van der Waals surface area contributed by atoms with E-state index < -0.39 is 5.82 Å². The number of aromatic amines is 1. The summed E-state index contributed by atoms with van der Waals surface area (Å²) in [6.45, 7) is 0. The van der Waals surface area contributed by atoms with E-state index in [2.05, 4.69) is 30.9 Å². The topological polar surface area (TPSA) is 105 Å². The van der Waals surface area contributed by atoms with Gasteiger partial charge in [-0.15, -0.1) is 0 Å². The molecule has 108 valence electrons. The lowest BCUT2D eigenvalue weighted by atomic mass is 10.3. The first-order valence-electron chi connectivity index (χ1n) is 5.68. The third-order valence-electron chi connectivity index (χ3n) is 2.69. The first kappa shape index (κ1) is 13.8. The highest BCUT2D eigenvalue weighted by molar-refractivity contribution is 6.35. The summed E-state index contributed by atoms with van der Waals surface area (Å²) in [5, 5.41) is 9.99. The van der Waals surface area contributed by atoms with Gasteiger partial charge in [0.15, 0.2) is 11.5 Å². The summed E-state index contributed by atoms with van der Waals surface area (Å²) in [7, 11) is 0. The van der Waals surface area contributed by atoms with Crippen LogP contribution in [0.2, 0.25) is 10.0 Å². The predicted molar refractivity (Wildman–Crippen MR) is 79.2 cm³/mol. The van der Waals surface area contributed by atoms with E-state index in [0.717, 1.165) is 0 Å². The predicted octanol–water partition coefficient (Wildman–Crippen LogP) is 2.83. The molecule has 0 radical (unpaired) electrons. The van der Waals surface area contributed by atoms with Crippen molar-refractivity contribution >= 4 is 51.7 Å². The molecule has 2 aromatic heterocycles. The molecule has 5 N–H and O–H groups in total. The molecule has 2 heterocycles. The number of aromatic nitrogens is 4. The van der Waals surface area contributed by atoms with Crippen molar-refractivity contribution in [1.82, 2.24) is 20.2 Å². The van der Waals surface area contributed by atoms with Gasteiger partial charge in [0.1, 0.15) is 5.82 Å². The summed E-state index contributed by atoms with van der Waals surface area (Å²) in [5.74, 6) is 5.24. The van der Waals surface area contributed by atoms with E-state index >= 15 is 0 Å². The van der Waals surface area contributed by atoms with Gasteiger partial charge in [-0.2, -0.15) is 15.1 Å². The van der Waals surface area contributed by atoms with Crippen LogP contribution in [0.3, 0.4) is 0 Å². The number of hydrogen-bond acceptors (Lipinski definition) is 6. The monoisotopic (exact) mass is 327 g/mol. The van der Waals surface area contributed by atoms with Crippen LogP contribution in [0.5, 0.6) is 0 Å². The maximum atomic E-state index is 13.4. The number of nitrogens with two attached hydrogens (primary N) is 1. The van der Waals surface area contributed by atoms with Gasteiger partial charge in [-0.1, -0.05) is 23.2 Å². The van der Waals surface area contributed by atoms with Crippen LogP contribution in [0.15, 0.2) is 18.3 Å². The number of nitrogen functional groups attached to an aromatic ring is 1. The highest BCUT2D eigenvalue weighted by Gasteiger charge is 2.12. The number of H-pyrrole nitrogens is 1. The Morgan fingerprint density at radius 1 is 1.19 bits per heavy atom. The van der Waals surface area contributed by atoms with Crippen LogP contribution in [-0.2, 0) is 0 Å². The number of benzene rings is 1. The molecule has 1 aromatic carbocycles. The number of rotatable bonds is 3. The van der Waals surface area contributed by atoms with Crippen molar-refractivity contribution in [2.75, 3.05) is 10.7 Å². The largest absolute Gasteiger partial charge is 0.339 e. The Labute approximate surface area is 127 Å². The Morgan fingerprint density at radius 3 is 2.57 bits per heavy atom. The standard InChI is InChI=1S/C11H8Cl2FN7/c12-6-1-4(2-7(13)8(6)14)17-9-5-3-16-21-10(5)19-11(18-9)20-15/h1-3H,15H2,(H3,16,17,18,19,20,21). The minimum Gasteiger partial charge on any atom is -0.339 e. The molecule has 0 saturated carbocycles. The third kappa shape index (κ3) is 2.56. The van der Waals surface area contributed by atoms with Crippen LogP contribution in [-0.4, -0.2) is 20.2 Å². The van der Waals surface area contributed by atoms with E-state index in [9.17, 15) is 4.39 Å². The van der Waals surface area contributed by atoms with E-state index in [-0.39, 0.29) is 16.0 Å². The number of hydrogen-bond donors (Lipinski definition) is 4.